The molecular formula is C26H33N3O6. The first-order valence-corrected chi connectivity index (χ1v) is 11.5. The largest absolute Gasteiger partial charge is 0.497 e. The third kappa shape index (κ3) is 6.09. The van der Waals surface area contributed by atoms with E-state index in [2.05, 4.69) is 26.1 Å². The maximum absolute atomic E-state index is 13.8. The molecule has 1 unspecified atom stereocenters. The fourth-order valence-corrected chi connectivity index (χ4v) is 4.79. The molecule has 9 nitrogen and oxygen atoms in total. The van der Waals surface area contributed by atoms with Crippen molar-refractivity contribution in [2.75, 3.05) is 20.3 Å². The van der Waals surface area contributed by atoms with Gasteiger partial charge in [-0.15, -0.1) is 0 Å². The van der Waals surface area contributed by atoms with Gasteiger partial charge in [0.25, 0.3) is 5.91 Å². The number of benzene rings is 2. The Labute approximate surface area is 205 Å². The molecule has 0 fully saturated rings. The SMILES string of the molecule is COc1cccc(C(C(=O)NC(C)(C)CC(C)(C)C)N2CCOc3c(cccc3[N+](=O)[O-])C2=O)c1. The van der Waals surface area contributed by atoms with Crippen LogP contribution in [0.15, 0.2) is 42.5 Å². The zero-order valence-electron chi connectivity index (χ0n) is 21.1. The number of nitro benzene ring substituents is 1. The molecule has 1 aliphatic rings. The van der Waals surface area contributed by atoms with Crippen molar-refractivity contribution >= 4 is 17.5 Å². The van der Waals surface area contributed by atoms with Gasteiger partial charge in [0.15, 0.2) is 0 Å². The first-order chi connectivity index (χ1) is 16.3. The van der Waals surface area contributed by atoms with E-state index < -0.39 is 22.4 Å². The molecule has 3 rings (SSSR count). The summed E-state index contributed by atoms with van der Waals surface area (Å²) in [7, 11) is 1.53. The summed E-state index contributed by atoms with van der Waals surface area (Å²) in [4.78, 5) is 39.8. The highest BCUT2D eigenvalue weighted by atomic mass is 16.6. The minimum atomic E-state index is -0.995. The van der Waals surface area contributed by atoms with E-state index in [4.69, 9.17) is 9.47 Å². The minimum absolute atomic E-state index is 0.00270. The van der Waals surface area contributed by atoms with Gasteiger partial charge in [-0.3, -0.25) is 19.7 Å². The van der Waals surface area contributed by atoms with Crippen molar-refractivity contribution in [1.29, 1.82) is 0 Å². The van der Waals surface area contributed by atoms with Gasteiger partial charge in [0.1, 0.15) is 18.4 Å². The van der Waals surface area contributed by atoms with E-state index in [1.54, 1.807) is 24.3 Å². The predicted molar refractivity (Wildman–Crippen MR) is 132 cm³/mol. The smallest absolute Gasteiger partial charge is 0.311 e. The lowest BCUT2D eigenvalue weighted by molar-refractivity contribution is -0.385. The van der Waals surface area contributed by atoms with Crippen molar-refractivity contribution in [3.8, 4) is 11.5 Å². The average Bonchev–Trinajstić information content (AvgIpc) is 2.91. The van der Waals surface area contributed by atoms with Crippen molar-refractivity contribution in [1.82, 2.24) is 10.2 Å². The molecule has 1 atom stereocenters. The topological polar surface area (TPSA) is 111 Å². The number of ether oxygens (including phenoxy) is 2. The fraction of sp³-hybridized carbons (Fsp3) is 0.462. The number of nitrogens with zero attached hydrogens (tertiary/aromatic N) is 2. The second kappa shape index (κ2) is 9.93. The number of amides is 2. The van der Waals surface area contributed by atoms with E-state index in [1.807, 2.05) is 13.8 Å². The van der Waals surface area contributed by atoms with Crippen LogP contribution in [0.4, 0.5) is 5.69 Å². The summed E-state index contributed by atoms with van der Waals surface area (Å²) < 4.78 is 11.0. The number of hydrogen-bond donors (Lipinski definition) is 1. The Balaban J connectivity index is 2.07. The van der Waals surface area contributed by atoms with Crippen LogP contribution in [0.2, 0.25) is 0 Å². The number of hydrogen-bond acceptors (Lipinski definition) is 6. The fourth-order valence-electron chi connectivity index (χ4n) is 4.79. The summed E-state index contributed by atoms with van der Waals surface area (Å²) in [5.74, 6) is -0.404. The van der Waals surface area contributed by atoms with Crippen LogP contribution in [0.3, 0.4) is 0 Å². The highest BCUT2D eigenvalue weighted by molar-refractivity contribution is 6.01. The number of nitro groups is 1. The van der Waals surface area contributed by atoms with Gasteiger partial charge >= 0.3 is 5.69 Å². The summed E-state index contributed by atoms with van der Waals surface area (Å²) in [6.45, 7) is 10.3. The molecule has 0 saturated heterocycles. The van der Waals surface area contributed by atoms with Gasteiger partial charge in [-0.2, -0.15) is 0 Å². The van der Waals surface area contributed by atoms with Gasteiger partial charge in [-0.05, 0) is 49.4 Å². The number of para-hydroxylation sites is 1. The summed E-state index contributed by atoms with van der Waals surface area (Å²) in [6.07, 6.45) is 0.711. The van der Waals surface area contributed by atoms with Crippen LogP contribution < -0.4 is 14.8 Å². The first-order valence-electron chi connectivity index (χ1n) is 11.5. The van der Waals surface area contributed by atoms with Crippen LogP contribution in [-0.2, 0) is 4.79 Å². The number of fused-ring (bicyclic) bond motifs is 1. The molecule has 0 bridgehead atoms. The number of nitrogens with one attached hydrogen (secondary N) is 1. The molecule has 1 heterocycles. The zero-order valence-corrected chi connectivity index (χ0v) is 21.1. The predicted octanol–water partition coefficient (Wildman–Crippen LogP) is 4.51. The van der Waals surface area contributed by atoms with Crippen molar-refractivity contribution in [2.24, 2.45) is 5.41 Å². The summed E-state index contributed by atoms with van der Waals surface area (Å²) in [5.41, 5.74) is -0.255. The van der Waals surface area contributed by atoms with E-state index in [9.17, 15) is 19.7 Å². The van der Waals surface area contributed by atoms with Crippen molar-refractivity contribution in [2.45, 2.75) is 52.6 Å². The molecule has 1 N–H and O–H groups in total. The van der Waals surface area contributed by atoms with Crippen molar-refractivity contribution in [3.05, 3.63) is 63.7 Å². The molecule has 0 radical (unpaired) electrons. The lowest BCUT2D eigenvalue weighted by Gasteiger charge is -2.37. The van der Waals surface area contributed by atoms with Gasteiger partial charge in [-0.1, -0.05) is 39.0 Å². The lowest BCUT2D eigenvalue weighted by atomic mass is 9.81. The maximum Gasteiger partial charge on any atom is 0.311 e. The van der Waals surface area contributed by atoms with Crippen molar-refractivity contribution < 1.29 is 24.0 Å². The lowest BCUT2D eigenvalue weighted by Crippen LogP contribution is -2.52. The molecule has 0 aromatic heterocycles. The molecular weight excluding hydrogens is 450 g/mol. The third-order valence-corrected chi connectivity index (χ3v) is 5.66. The number of methoxy groups -OCH3 is 1. The van der Waals surface area contributed by atoms with Gasteiger partial charge < -0.3 is 19.7 Å². The van der Waals surface area contributed by atoms with Crippen molar-refractivity contribution in [3.63, 3.8) is 0 Å². The molecule has 2 amide bonds. The third-order valence-electron chi connectivity index (χ3n) is 5.66. The van der Waals surface area contributed by atoms with Gasteiger partial charge in [0, 0.05) is 11.6 Å². The Hall–Kier alpha value is -3.62. The molecule has 0 aliphatic carbocycles. The van der Waals surface area contributed by atoms with E-state index in [-0.39, 0.29) is 41.5 Å². The molecule has 0 saturated carbocycles. The number of rotatable bonds is 7. The average molecular weight is 484 g/mol. The van der Waals surface area contributed by atoms with Crippen LogP contribution in [0.25, 0.3) is 0 Å². The first kappa shape index (κ1) is 26.0. The van der Waals surface area contributed by atoms with Crippen LogP contribution in [0.5, 0.6) is 11.5 Å². The van der Waals surface area contributed by atoms with E-state index >= 15 is 0 Å². The standard InChI is InChI=1S/C26H33N3O6/c1-25(2,3)16-26(4,5)27-23(30)21(17-9-7-10-18(15-17)34-6)28-13-14-35-22-19(24(28)31)11-8-12-20(22)29(32)33/h7-12,15,21H,13-14,16H2,1-6H3,(H,27,30). The number of carbonyl (C=O) groups is 2. The van der Waals surface area contributed by atoms with Gasteiger partial charge in [0.05, 0.1) is 24.1 Å². The Morgan fingerprint density at radius 1 is 1.20 bits per heavy atom. The van der Waals surface area contributed by atoms with E-state index in [1.165, 1.54) is 30.2 Å². The number of carbonyl (C=O) groups excluding carboxylic acids is 2. The molecule has 2 aromatic rings. The zero-order chi connectivity index (χ0) is 26.0. The van der Waals surface area contributed by atoms with Crippen LogP contribution >= 0.6 is 0 Å². The second-order valence-corrected chi connectivity index (χ2v) is 10.5. The molecule has 1 aliphatic heterocycles. The monoisotopic (exact) mass is 483 g/mol. The Kier molecular flexibility index (Phi) is 7.38. The highest BCUT2D eigenvalue weighted by Crippen LogP contribution is 2.36. The van der Waals surface area contributed by atoms with Crippen LogP contribution in [0.1, 0.15) is 63.0 Å². The molecule has 35 heavy (non-hydrogen) atoms. The highest BCUT2D eigenvalue weighted by Gasteiger charge is 2.39. The quantitative estimate of drug-likeness (QED) is 0.458. The Morgan fingerprint density at radius 3 is 2.51 bits per heavy atom. The Bertz CT molecular complexity index is 1120. The molecule has 188 valence electrons. The molecule has 0 spiro atoms. The van der Waals surface area contributed by atoms with Gasteiger partial charge in [0.2, 0.25) is 11.7 Å². The summed E-state index contributed by atoms with van der Waals surface area (Å²) >= 11 is 0. The second-order valence-electron chi connectivity index (χ2n) is 10.5. The molecule has 2 aromatic carbocycles. The van der Waals surface area contributed by atoms with E-state index in [0.717, 1.165) is 0 Å². The van der Waals surface area contributed by atoms with Gasteiger partial charge in [-0.25, -0.2) is 0 Å². The molecule has 9 heteroatoms. The normalized spacial score (nSPS) is 14.9. The Morgan fingerprint density at radius 2 is 1.89 bits per heavy atom. The van der Waals surface area contributed by atoms with Crippen LogP contribution in [0, 0.1) is 15.5 Å². The maximum atomic E-state index is 13.8. The summed E-state index contributed by atoms with van der Waals surface area (Å²) in [6, 6.07) is 10.2. The van der Waals surface area contributed by atoms with E-state index in [0.29, 0.717) is 17.7 Å². The minimum Gasteiger partial charge on any atom is -0.497 e. The van der Waals surface area contributed by atoms with Crippen LogP contribution in [-0.4, -0.2) is 47.4 Å². The summed E-state index contributed by atoms with van der Waals surface area (Å²) in [5, 5.41) is 14.6.